The van der Waals surface area contributed by atoms with Crippen LogP contribution in [0, 0.1) is 0 Å². The fourth-order valence-corrected chi connectivity index (χ4v) is 3.44. The van der Waals surface area contributed by atoms with E-state index in [1.54, 1.807) is 0 Å². The zero-order chi connectivity index (χ0) is 14.1. The van der Waals surface area contributed by atoms with Crippen molar-refractivity contribution in [3.63, 3.8) is 0 Å². The van der Waals surface area contributed by atoms with Crippen molar-refractivity contribution < 1.29 is 0 Å². The van der Waals surface area contributed by atoms with Crippen molar-refractivity contribution in [2.75, 3.05) is 0 Å². The summed E-state index contributed by atoms with van der Waals surface area (Å²) >= 11 is 0. The first kappa shape index (κ1) is 13.0. The molecule has 3 heterocycles. The Kier molecular flexibility index (Phi) is 3.47. The Morgan fingerprint density at radius 2 is 1.90 bits per heavy atom. The van der Waals surface area contributed by atoms with Crippen LogP contribution in [-0.2, 0) is 38.9 Å². The van der Waals surface area contributed by atoms with Gasteiger partial charge in [0.2, 0.25) is 0 Å². The number of pyridine rings is 1. The molecule has 0 unspecified atom stereocenters. The number of rotatable bonds is 4. The molecule has 0 fully saturated rings. The van der Waals surface area contributed by atoms with Crippen molar-refractivity contribution >= 4 is 0 Å². The molecular formula is C17H22N4. The molecule has 4 heteroatoms. The van der Waals surface area contributed by atoms with E-state index in [2.05, 4.69) is 28.2 Å². The molecule has 0 spiro atoms. The summed E-state index contributed by atoms with van der Waals surface area (Å²) in [6.45, 7) is 2.79. The predicted molar refractivity (Wildman–Crippen MR) is 82.0 cm³/mol. The van der Waals surface area contributed by atoms with Crippen molar-refractivity contribution in [2.24, 2.45) is 0 Å². The molecule has 4 nitrogen and oxygen atoms in total. The zero-order valence-corrected chi connectivity index (χ0v) is 12.4. The maximum absolute atomic E-state index is 4.76. The quantitative estimate of drug-likeness (QED) is 0.936. The minimum Gasteiger partial charge on any atom is -0.335 e. The zero-order valence-electron chi connectivity index (χ0n) is 12.4. The van der Waals surface area contributed by atoms with Gasteiger partial charge in [-0.25, -0.2) is 4.98 Å². The fourth-order valence-electron chi connectivity index (χ4n) is 3.44. The first-order chi connectivity index (χ1) is 10.4. The average molecular weight is 282 g/mol. The van der Waals surface area contributed by atoms with E-state index < -0.39 is 0 Å². The van der Waals surface area contributed by atoms with E-state index in [9.17, 15) is 0 Å². The summed E-state index contributed by atoms with van der Waals surface area (Å²) in [5.74, 6) is 1.26. The number of nitrogens with zero attached hydrogens (tertiary/aromatic N) is 3. The van der Waals surface area contributed by atoms with Crippen molar-refractivity contribution in [1.82, 2.24) is 19.9 Å². The molecular weight excluding hydrogens is 260 g/mol. The molecule has 0 bridgehead atoms. The van der Waals surface area contributed by atoms with Gasteiger partial charge in [-0.1, -0.05) is 6.07 Å². The lowest BCUT2D eigenvalue weighted by Crippen LogP contribution is -2.14. The molecule has 2 aliphatic rings. The first-order valence-corrected chi connectivity index (χ1v) is 8.12. The van der Waals surface area contributed by atoms with Crippen LogP contribution in [0.1, 0.15) is 47.7 Å². The molecule has 21 heavy (non-hydrogen) atoms. The second-order valence-corrected chi connectivity index (χ2v) is 6.16. The van der Waals surface area contributed by atoms with Crippen LogP contribution >= 0.6 is 0 Å². The van der Waals surface area contributed by atoms with Gasteiger partial charge >= 0.3 is 0 Å². The lowest BCUT2D eigenvalue weighted by molar-refractivity contribution is 0.522. The molecule has 0 radical (unpaired) electrons. The van der Waals surface area contributed by atoms with Crippen molar-refractivity contribution in [2.45, 2.75) is 58.2 Å². The third kappa shape index (κ3) is 2.72. The van der Waals surface area contributed by atoms with E-state index >= 15 is 0 Å². The number of aryl methyl sites for hydroxylation is 4. The highest BCUT2D eigenvalue weighted by Gasteiger charge is 2.13. The minimum absolute atomic E-state index is 0.829. The molecule has 0 amide bonds. The van der Waals surface area contributed by atoms with E-state index in [1.807, 2.05) is 0 Å². The summed E-state index contributed by atoms with van der Waals surface area (Å²) in [5.41, 5.74) is 5.07. The normalized spacial score (nSPS) is 16.8. The van der Waals surface area contributed by atoms with Gasteiger partial charge in [-0.05, 0) is 43.7 Å². The number of hydrogen-bond acceptors (Lipinski definition) is 3. The summed E-state index contributed by atoms with van der Waals surface area (Å²) in [6, 6.07) is 4.41. The Morgan fingerprint density at radius 3 is 2.86 bits per heavy atom. The summed E-state index contributed by atoms with van der Waals surface area (Å²) in [5, 5.41) is 3.48. The maximum atomic E-state index is 4.76. The van der Waals surface area contributed by atoms with E-state index in [0.29, 0.717) is 0 Å². The maximum Gasteiger partial charge on any atom is 0.109 e. The van der Waals surface area contributed by atoms with E-state index in [4.69, 9.17) is 9.97 Å². The van der Waals surface area contributed by atoms with Crippen molar-refractivity contribution in [1.29, 1.82) is 0 Å². The summed E-state index contributed by atoms with van der Waals surface area (Å²) in [6.07, 6.45) is 9.52. The van der Waals surface area contributed by atoms with Crippen molar-refractivity contribution in [3.8, 4) is 0 Å². The topological polar surface area (TPSA) is 42.7 Å². The minimum atomic E-state index is 0.829. The molecule has 1 aliphatic carbocycles. The highest BCUT2D eigenvalue weighted by molar-refractivity contribution is 5.27. The van der Waals surface area contributed by atoms with Crippen LogP contribution in [0.15, 0.2) is 18.3 Å². The number of nitrogens with one attached hydrogen (secondary N) is 1. The molecule has 110 valence electrons. The van der Waals surface area contributed by atoms with Gasteiger partial charge in [0.1, 0.15) is 5.82 Å². The fraction of sp³-hybridized carbons (Fsp3) is 0.529. The van der Waals surface area contributed by atoms with Gasteiger partial charge in [0.05, 0.1) is 11.4 Å². The molecule has 1 N–H and O–H groups in total. The largest absolute Gasteiger partial charge is 0.335 e. The van der Waals surface area contributed by atoms with E-state index in [1.165, 1.54) is 42.8 Å². The second kappa shape index (κ2) is 5.60. The van der Waals surface area contributed by atoms with Gasteiger partial charge in [-0.15, -0.1) is 0 Å². The van der Waals surface area contributed by atoms with Gasteiger partial charge in [-0.3, -0.25) is 4.98 Å². The molecule has 0 saturated heterocycles. The Morgan fingerprint density at radius 1 is 0.952 bits per heavy atom. The lowest BCUT2D eigenvalue weighted by Gasteiger charge is -2.11. The highest BCUT2D eigenvalue weighted by atomic mass is 15.1. The molecule has 4 rings (SSSR count). The van der Waals surface area contributed by atoms with Gasteiger partial charge in [0, 0.05) is 37.9 Å². The smallest absolute Gasteiger partial charge is 0.109 e. The molecule has 2 aromatic heterocycles. The van der Waals surface area contributed by atoms with Crippen LogP contribution in [0.2, 0.25) is 0 Å². The number of fused-ring (bicyclic) bond motifs is 2. The van der Waals surface area contributed by atoms with Gasteiger partial charge < -0.3 is 9.88 Å². The summed E-state index contributed by atoms with van der Waals surface area (Å²) in [7, 11) is 0. The van der Waals surface area contributed by atoms with E-state index in [0.717, 1.165) is 43.9 Å². The Bertz CT molecular complexity index is 621. The van der Waals surface area contributed by atoms with Gasteiger partial charge in [-0.2, -0.15) is 0 Å². The monoisotopic (exact) mass is 282 g/mol. The lowest BCUT2D eigenvalue weighted by atomic mass is 10.2. The van der Waals surface area contributed by atoms with Crippen LogP contribution < -0.4 is 5.32 Å². The third-order valence-electron chi connectivity index (χ3n) is 4.56. The molecule has 0 saturated carbocycles. The Hall–Kier alpha value is -1.68. The Balaban J connectivity index is 1.36. The number of aromatic nitrogens is 3. The summed E-state index contributed by atoms with van der Waals surface area (Å²) < 4.78 is 2.31. The van der Waals surface area contributed by atoms with Crippen LogP contribution in [-0.4, -0.2) is 14.5 Å². The second-order valence-electron chi connectivity index (χ2n) is 6.16. The molecule has 0 aromatic carbocycles. The Labute approximate surface area is 125 Å². The predicted octanol–water partition coefficient (Wildman–Crippen LogP) is 2.39. The SMILES string of the molecule is c1cc2c(nc1CNCc1cn3c(n1)CCCC3)CCC2. The van der Waals surface area contributed by atoms with Crippen LogP contribution in [0.3, 0.4) is 0 Å². The third-order valence-corrected chi connectivity index (χ3v) is 4.56. The average Bonchev–Trinajstić information content (AvgIpc) is 3.12. The van der Waals surface area contributed by atoms with E-state index in [-0.39, 0.29) is 0 Å². The number of hydrogen-bond donors (Lipinski definition) is 1. The molecule has 0 atom stereocenters. The van der Waals surface area contributed by atoms with Crippen molar-refractivity contribution in [3.05, 3.63) is 46.8 Å². The number of imidazole rings is 1. The van der Waals surface area contributed by atoms with Crippen LogP contribution in [0.25, 0.3) is 0 Å². The first-order valence-electron chi connectivity index (χ1n) is 8.12. The van der Waals surface area contributed by atoms with Crippen LogP contribution in [0.5, 0.6) is 0 Å². The van der Waals surface area contributed by atoms with Gasteiger partial charge in [0.15, 0.2) is 0 Å². The highest BCUT2D eigenvalue weighted by Crippen LogP contribution is 2.20. The standard InChI is InChI=1S/C17H22N4/c1-2-9-21-12-15(20-17(21)6-1)11-18-10-14-8-7-13-4-3-5-16(13)19-14/h7-8,12,18H,1-6,9-11H2. The molecule has 2 aromatic rings. The molecule has 1 aliphatic heterocycles. The van der Waals surface area contributed by atoms with Gasteiger partial charge in [0.25, 0.3) is 0 Å². The summed E-state index contributed by atoms with van der Waals surface area (Å²) in [4.78, 5) is 9.48. The van der Waals surface area contributed by atoms with Crippen LogP contribution in [0.4, 0.5) is 0 Å².